The highest BCUT2D eigenvalue weighted by atomic mass is 19.1. The van der Waals surface area contributed by atoms with E-state index in [0.29, 0.717) is 31.3 Å². The molecule has 2 heterocycles. The number of ether oxygens (including phenoxy) is 1. The first-order valence-corrected chi connectivity index (χ1v) is 7.93. The van der Waals surface area contributed by atoms with Crippen molar-refractivity contribution < 1.29 is 13.9 Å². The summed E-state index contributed by atoms with van der Waals surface area (Å²) in [7, 11) is 0. The van der Waals surface area contributed by atoms with Gasteiger partial charge in [-0.15, -0.1) is 0 Å². The van der Waals surface area contributed by atoms with Gasteiger partial charge < -0.3 is 10.1 Å². The van der Waals surface area contributed by atoms with Gasteiger partial charge in [0.1, 0.15) is 17.3 Å². The Morgan fingerprint density at radius 2 is 2.04 bits per heavy atom. The van der Waals surface area contributed by atoms with Gasteiger partial charge in [0.2, 0.25) is 0 Å². The number of nitrogens with zero attached hydrogens (tertiary/aromatic N) is 2. The van der Waals surface area contributed by atoms with Gasteiger partial charge in [-0.05, 0) is 44.0 Å². The highest BCUT2D eigenvalue weighted by Crippen LogP contribution is 2.32. The lowest BCUT2D eigenvalue weighted by Crippen LogP contribution is -2.41. The van der Waals surface area contributed by atoms with Gasteiger partial charge in [0.05, 0.1) is 6.61 Å². The largest absolute Gasteiger partial charge is 0.380 e. The highest BCUT2D eigenvalue weighted by molar-refractivity contribution is 5.92. The molecule has 0 spiro atoms. The van der Waals surface area contributed by atoms with Crippen molar-refractivity contribution in [2.45, 2.75) is 25.7 Å². The SMILES string of the molecule is Cc1cc(C(=O)NC[C@]2(c3ccc(F)cc3)CCOC2)nc(C)n1. The summed E-state index contributed by atoms with van der Waals surface area (Å²) in [5.41, 5.74) is 1.75. The zero-order chi connectivity index (χ0) is 17.2. The zero-order valence-electron chi connectivity index (χ0n) is 13.8. The standard InChI is InChI=1S/C18H20FN3O2/c1-12-9-16(22-13(2)21-12)17(23)20-10-18(7-8-24-11-18)14-3-5-15(19)6-4-14/h3-6,9H,7-8,10-11H2,1-2H3,(H,20,23)/t18-/m1/s1. The van der Waals surface area contributed by atoms with E-state index in [2.05, 4.69) is 15.3 Å². The number of halogens is 1. The summed E-state index contributed by atoms with van der Waals surface area (Å²) in [6.45, 7) is 5.13. The summed E-state index contributed by atoms with van der Waals surface area (Å²) in [6.07, 6.45) is 0.779. The van der Waals surface area contributed by atoms with Crippen LogP contribution in [0, 0.1) is 19.7 Å². The van der Waals surface area contributed by atoms with E-state index in [-0.39, 0.29) is 17.1 Å². The second kappa shape index (κ2) is 6.65. The highest BCUT2D eigenvalue weighted by Gasteiger charge is 2.37. The van der Waals surface area contributed by atoms with Gasteiger partial charge in [0.15, 0.2) is 0 Å². The molecular formula is C18H20FN3O2. The number of nitrogens with one attached hydrogen (secondary N) is 1. The summed E-state index contributed by atoms with van der Waals surface area (Å²) in [4.78, 5) is 20.8. The number of carbonyl (C=O) groups is 1. The maximum Gasteiger partial charge on any atom is 0.270 e. The van der Waals surface area contributed by atoms with Crippen LogP contribution in [0.15, 0.2) is 30.3 Å². The second-order valence-electron chi connectivity index (χ2n) is 6.21. The maximum absolute atomic E-state index is 13.2. The molecule has 1 aromatic carbocycles. The van der Waals surface area contributed by atoms with E-state index in [1.807, 2.05) is 6.92 Å². The average molecular weight is 329 g/mol. The third-order valence-corrected chi connectivity index (χ3v) is 4.35. The molecule has 1 saturated heterocycles. The van der Waals surface area contributed by atoms with E-state index in [1.165, 1.54) is 12.1 Å². The minimum Gasteiger partial charge on any atom is -0.380 e. The van der Waals surface area contributed by atoms with Crippen molar-refractivity contribution in [1.82, 2.24) is 15.3 Å². The molecule has 0 bridgehead atoms. The van der Waals surface area contributed by atoms with Crippen LogP contribution in [0.1, 0.15) is 34.0 Å². The van der Waals surface area contributed by atoms with Crippen LogP contribution < -0.4 is 5.32 Å². The molecule has 1 aliphatic heterocycles. The topological polar surface area (TPSA) is 64.1 Å². The first-order valence-electron chi connectivity index (χ1n) is 7.93. The number of benzene rings is 1. The molecule has 1 N–H and O–H groups in total. The Morgan fingerprint density at radius 1 is 1.29 bits per heavy atom. The van der Waals surface area contributed by atoms with Crippen LogP contribution in [0.4, 0.5) is 4.39 Å². The Labute approximate surface area is 140 Å². The predicted octanol–water partition coefficient (Wildman–Crippen LogP) is 2.32. The molecule has 6 heteroatoms. The van der Waals surface area contributed by atoms with Crippen LogP contribution >= 0.6 is 0 Å². The van der Waals surface area contributed by atoms with E-state index < -0.39 is 0 Å². The molecule has 0 aliphatic carbocycles. The molecule has 1 fully saturated rings. The number of hydrogen-bond donors (Lipinski definition) is 1. The molecule has 2 aromatic rings. The van der Waals surface area contributed by atoms with E-state index in [1.54, 1.807) is 25.1 Å². The van der Waals surface area contributed by atoms with Gasteiger partial charge >= 0.3 is 0 Å². The lowest BCUT2D eigenvalue weighted by Gasteiger charge is -2.28. The number of aromatic nitrogens is 2. The molecule has 1 aliphatic rings. The smallest absolute Gasteiger partial charge is 0.270 e. The number of carbonyl (C=O) groups excluding carboxylic acids is 1. The van der Waals surface area contributed by atoms with Crippen molar-refractivity contribution in [2.75, 3.05) is 19.8 Å². The van der Waals surface area contributed by atoms with E-state index in [9.17, 15) is 9.18 Å². The van der Waals surface area contributed by atoms with Crippen molar-refractivity contribution >= 4 is 5.91 Å². The van der Waals surface area contributed by atoms with Crippen LogP contribution in [0.3, 0.4) is 0 Å². The number of aryl methyl sites for hydroxylation is 2. The van der Waals surface area contributed by atoms with Crippen LogP contribution in [0.5, 0.6) is 0 Å². The van der Waals surface area contributed by atoms with Gasteiger partial charge in [-0.2, -0.15) is 0 Å². The van der Waals surface area contributed by atoms with Gasteiger partial charge in [0.25, 0.3) is 5.91 Å². The normalized spacial score (nSPS) is 20.1. The average Bonchev–Trinajstić information content (AvgIpc) is 3.02. The summed E-state index contributed by atoms with van der Waals surface area (Å²) in [5.74, 6) is 0.0540. The lowest BCUT2D eigenvalue weighted by atomic mass is 9.79. The second-order valence-corrected chi connectivity index (χ2v) is 6.21. The zero-order valence-corrected chi connectivity index (χ0v) is 13.8. The Kier molecular flexibility index (Phi) is 4.57. The monoisotopic (exact) mass is 329 g/mol. The van der Waals surface area contributed by atoms with Gasteiger partial charge in [0, 0.05) is 24.3 Å². The van der Waals surface area contributed by atoms with Gasteiger partial charge in [-0.25, -0.2) is 14.4 Å². The number of rotatable bonds is 4. The summed E-state index contributed by atoms with van der Waals surface area (Å²) in [5, 5.41) is 2.95. The quantitative estimate of drug-likeness (QED) is 0.935. The van der Waals surface area contributed by atoms with Crippen LogP contribution in [-0.2, 0) is 10.2 Å². The molecule has 3 rings (SSSR count). The minimum absolute atomic E-state index is 0.239. The summed E-state index contributed by atoms with van der Waals surface area (Å²) >= 11 is 0. The molecular weight excluding hydrogens is 309 g/mol. The fraction of sp³-hybridized carbons (Fsp3) is 0.389. The minimum atomic E-state index is -0.333. The van der Waals surface area contributed by atoms with Crippen molar-refractivity contribution in [3.8, 4) is 0 Å². The Hall–Kier alpha value is -2.34. The lowest BCUT2D eigenvalue weighted by molar-refractivity contribution is 0.0933. The van der Waals surface area contributed by atoms with Gasteiger partial charge in [-0.3, -0.25) is 4.79 Å². The molecule has 1 atom stereocenters. The molecule has 0 radical (unpaired) electrons. The predicted molar refractivity (Wildman–Crippen MR) is 87.4 cm³/mol. The molecule has 5 nitrogen and oxygen atoms in total. The molecule has 24 heavy (non-hydrogen) atoms. The van der Waals surface area contributed by atoms with Crippen LogP contribution in [0.2, 0.25) is 0 Å². The molecule has 1 amide bonds. The third-order valence-electron chi connectivity index (χ3n) is 4.35. The van der Waals surface area contributed by atoms with Crippen LogP contribution in [-0.4, -0.2) is 35.6 Å². The van der Waals surface area contributed by atoms with Crippen molar-refractivity contribution in [3.05, 3.63) is 58.9 Å². The van der Waals surface area contributed by atoms with Crippen molar-refractivity contribution in [1.29, 1.82) is 0 Å². The Bertz CT molecular complexity index is 720. The Balaban J connectivity index is 1.77. The first-order chi connectivity index (χ1) is 11.5. The van der Waals surface area contributed by atoms with Gasteiger partial charge in [-0.1, -0.05) is 12.1 Å². The first kappa shape index (κ1) is 16.5. The maximum atomic E-state index is 13.2. The summed E-state index contributed by atoms with van der Waals surface area (Å²) < 4.78 is 18.7. The molecule has 1 aromatic heterocycles. The number of amides is 1. The fourth-order valence-electron chi connectivity index (χ4n) is 3.05. The van der Waals surface area contributed by atoms with E-state index >= 15 is 0 Å². The van der Waals surface area contributed by atoms with Crippen molar-refractivity contribution in [2.24, 2.45) is 0 Å². The molecule has 126 valence electrons. The van der Waals surface area contributed by atoms with E-state index in [4.69, 9.17) is 4.74 Å². The van der Waals surface area contributed by atoms with Crippen molar-refractivity contribution in [3.63, 3.8) is 0 Å². The summed E-state index contributed by atoms with van der Waals surface area (Å²) in [6, 6.07) is 8.06. The van der Waals surface area contributed by atoms with Crippen LogP contribution in [0.25, 0.3) is 0 Å². The molecule has 0 unspecified atom stereocenters. The van der Waals surface area contributed by atoms with E-state index in [0.717, 1.165) is 17.7 Å². The molecule has 0 saturated carbocycles. The Morgan fingerprint density at radius 3 is 2.67 bits per heavy atom. The fourth-order valence-corrected chi connectivity index (χ4v) is 3.05. The number of hydrogen-bond acceptors (Lipinski definition) is 4. The third kappa shape index (κ3) is 3.43.